The summed E-state index contributed by atoms with van der Waals surface area (Å²) >= 11 is 0. The first kappa shape index (κ1) is 23.1. The van der Waals surface area contributed by atoms with Crippen molar-refractivity contribution in [2.75, 3.05) is 40.0 Å². The summed E-state index contributed by atoms with van der Waals surface area (Å²) in [5.74, 6) is -0.437. The highest BCUT2D eigenvalue weighted by molar-refractivity contribution is 7.89. The average molecular weight is 477 g/mol. The van der Waals surface area contributed by atoms with Crippen LogP contribution in [0.3, 0.4) is 0 Å². The molecule has 11 heteroatoms. The number of carbonyl (C=O) groups is 2. The topological polar surface area (TPSA) is 99.3 Å². The van der Waals surface area contributed by atoms with Gasteiger partial charge < -0.3 is 10.1 Å². The summed E-state index contributed by atoms with van der Waals surface area (Å²) in [6, 6.07) is 11.3. The van der Waals surface area contributed by atoms with Crippen LogP contribution < -0.4 is 10.1 Å². The first-order valence-electron chi connectivity index (χ1n) is 10.4. The molecular weight excluding hydrogens is 451 g/mol. The van der Waals surface area contributed by atoms with Crippen molar-refractivity contribution >= 4 is 22.0 Å². The maximum Gasteiger partial charge on any atom is 0.326 e. The Balaban J connectivity index is 1.42. The van der Waals surface area contributed by atoms with E-state index in [9.17, 15) is 22.4 Å². The van der Waals surface area contributed by atoms with Gasteiger partial charge in [0, 0.05) is 26.2 Å². The van der Waals surface area contributed by atoms with Gasteiger partial charge >= 0.3 is 6.03 Å². The number of ether oxygens (including phenoxy) is 1. The third-order valence-corrected chi connectivity index (χ3v) is 7.92. The summed E-state index contributed by atoms with van der Waals surface area (Å²) in [6.45, 7) is 2.65. The van der Waals surface area contributed by atoms with Gasteiger partial charge in [-0.15, -0.1) is 0 Å². The normalized spacial score (nSPS) is 22.5. The van der Waals surface area contributed by atoms with Gasteiger partial charge in [-0.1, -0.05) is 18.2 Å². The molecule has 2 aliphatic heterocycles. The number of amides is 3. The Kier molecular flexibility index (Phi) is 6.12. The minimum absolute atomic E-state index is 0.0398. The number of benzene rings is 2. The number of halogens is 1. The summed E-state index contributed by atoms with van der Waals surface area (Å²) in [7, 11) is -2.30. The van der Waals surface area contributed by atoms with Gasteiger partial charge in [-0.3, -0.25) is 9.69 Å². The van der Waals surface area contributed by atoms with E-state index >= 15 is 0 Å². The van der Waals surface area contributed by atoms with Crippen LogP contribution in [0, 0.1) is 5.82 Å². The van der Waals surface area contributed by atoms with Crippen molar-refractivity contribution in [2.24, 2.45) is 0 Å². The average Bonchev–Trinajstić information content (AvgIpc) is 3.03. The van der Waals surface area contributed by atoms with Gasteiger partial charge in [-0.2, -0.15) is 4.31 Å². The van der Waals surface area contributed by atoms with Crippen LogP contribution in [0.25, 0.3) is 0 Å². The number of carbonyl (C=O) groups excluding carboxylic acids is 2. The second-order valence-corrected chi connectivity index (χ2v) is 10.1. The second-order valence-electron chi connectivity index (χ2n) is 8.14. The molecule has 2 heterocycles. The van der Waals surface area contributed by atoms with Crippen molar-refractivity contribution < 1.29 is 27.1 Å². The van der Waals surface area contributed by atoms with E-state index < -0.39 is 33.3 Å². The molecule has 0 radical (unpaired) electrons. The molecule has 176 valence electrons. The van der Waals surface area contributed by atoms with Crippen molar-refractivity contribution in [2.45, 2.75) is 17.4 Å². The number of rotatable bonds is 6. The molecule has 0 bridgehead atoms. The molecule has 0 unspecified atom stereocenters. The van der Waals surface area contributed by atoms with Crippen molar-refractivity contribution in [3.8, 4) is 5.75 Å². The smallest absolute Gasteiger partial charge is 0.326 e. The minimum atomic E-state index is -3.82. The van der Waals surface area contributed by atoms with Crippen LogP contribution >= 0.6 is 0 Å². The molecule has 4 rings (SSSR count). The maximum atomic E-state index is 13.5. The van der Waals surface area contributed by atoms with E-state index in [2.05, 4.69) is 5.32 Å². The monoisotopic (exact) mass is 476 g/mol. The van der Waals surface area contributed by atoms with Crippen LogP contribution in [0.5, 0.6) is 5.75 Å². The van der Waals surface area contributed by atoms with E-state index in [0.29, 0.717) is 24.4 Å². The van der Waals surface area contributed by atoms with Crippen molar-refractivity contribution in [1.29, 1.82) is 0 Å². The third kappa shape index (κ3) is 4.31. The van der Waals surface area contributed by atoms with Gasteiger partial charge in [0.1, 0.15) is 17.1 Å². The molecule has 0 saturated carbocycles. The first-order valence-corrected chi connectivity index (χ1v) is 11.9. The molecular formula is C22H25FN4O5S. The minimum Gasteiger partial charge on any atom is -0.497 e. The Morgan fingerprint density at radius 2 is 1.76 bits per heavy atom. The van der Waals surface area contributed by atoms with Crippen LogP contribution in [-0.4, -0.2) is 74.4 Å². The Bertz CT molecular complexity index is 1180. The molecule has 2 saturated heterocycles. The molecule has 3 amide bonds. The van der Waals surface area contributed by atoms with Crippen LogP contribution in [0.2, 0.25) is 0 Å². The quantitative estimate of drug-likeness (QED) is 0.636. The SMILES string of the molecule is COc1cccc([C@]2(C)NC(=O)N(CN3CCN(S(=O)(=O)c4cccc(F)c4)CC3)C2=O)c1. The fraction of sp³-hybridized carbons (Fsp3) is 0.364. The Hall–Kier alpha value is -3.02. The van der Waals surface area contributed by atoms with Gasteiger partial charge in [-0.25, -0.2) is 22.5 Å². The molecule has 2 aromatic carbocycles. The number of methoxy groups -OCH3 is 1. The van der Waals surface area contributed by atoms with Crippen LogP contribution in [0.4, 0.5) is 9.18 Å². The molecule has 2 aliphatic rings. The lowest BCUT2D eigenvalue weighted by Gasteiger charge is -2.35. The maximum absolute atomic E-state index is 13.5. The Morgan fingerprint density at radius 3 is 2.42 bits per heavy atom. The predicted molar refractivity (Wildman–Crippen MR) is 117 cm³/mol. The molecule has 1 N–H and O–H groups in total. The highest BCUT2D eigenvalue weighted by Gasteiger charge is 2.49. The number of imide groups is 1. The van der Waals surface area contributed by atoms with Gasteiger partial charge in [0.25, 0.3) is 5.91 Å². The third-order valence-electron chi connectivity index (χ3n) is 6.03. The number of urea groups is 1. The van der Waals surface area contributed by atoms with Crippen LogP contribution in [0.15, 0.2) is 53.4 Å². The van der Waals surface area contributed by atoms with Crippen LogP contribution in [-0.2, 0) is 20.4 Å². The lowest BCUT2D eigenvalue weighted by Crippen LogP contribution is -2.52. The largest absolute Gasteiger partial charge is 0.497 e. The van der Waals surface area contributed by atoms with E-state index in [1.165, 1.54) is 29.6 Å². The lowest BCUT2D eigenvalue weighted by molar-refractivity contribution is -0.132. The van der Waals surface area contributed by atoms with E-state index in [0.717, 1.165) is 11.0 Å². The molecule has 33 heavy (non-hydrogen) atoms. The van der Waals surface area contributed by atoms with Gasteiger partial charge in [0.2, 0.25) is 10.0 Å². The van der Waals surface area contributed by atoms with Crippen molar-refractivity contribution in [1.82, 2.24) is 19.4 Å². The fourth-order valence-corrected chi connectivity index (χ4v) is 5.50. The number of sulfonamides is 1. The van der Waals surface area contributed by atoms with Crippen LogP contribution in [0.1, 0.15) is 12.5 Å². The standard InChI is InChI=1S/C22H25FN4O5S/c1-22(16-5-3-7-18(13-16)32-2)20(28)27(21(29)24-22)15-25-9-11-26(12-10-25)33(30,31)19-8-4-6-17(23)14-19/h3-8,13-14H,9-12,15H2,1-2H3,(H,24,29)/t22-/m0/s1. The summed E-state index contributed by atoms with van der Waals surface area (Å²) in [6.07, 6.45) is 0. The van der Waals surface area contributed by atoms with E-state index in [1.54, 1.807) is 31.2 Å². The number of hydrogen-bond acceptors (Lipinski definition) is 6. The molecule has 1 atom stereocenters. The number of piperazine rings is 1. The second kappa shape index (κ2) is 8.73. The van der Waals surface area contributed by atoms with E-state index in [-0.39, 0.29) is 24.7 Å². The summed E-state index contributed by atoms with van der Waals surface area (Å²) in [5.41, 5.74) is -0.623. The zero-order chi connectivity index (χ0) is 23.8. The Labute approximate surface area is 191 Å². The molecule has 2 fully saturated rings. The van der Waals surface area contributed by atoms with Crippen molar-refractivity contribution in [3.63, 3.8) is 0 Å². The van der Waals surface area contributed by atoms with E-state index in [1.807, 2.05) is 4.90 Å². The highest BCUT2D eigenvalue weighted by Crippen LogP contribution is 2.31. The summed E-state index contributed by atoms with van der Waals surface area (Å²) in [5, 5.41) is 2.76. The lowest BCUT2D eigenvalue weighted by atomic mass is 9.92. The van der Waals surface area contributed by atoms with E-state index in [4.69, 9.17) is 4.74 Å². The van der Waals surface area contributed by atoms with Gasteiger partial charge in [-0.05, 0) is 42.8 Å². The zero-order valence-electron chi connectivity index (χ0n) is 18.3. The van der Waals surface area contributed by atoms with Crippen molar-refractivity contribution in [3.05, 3.63) is 59.9 Å². The predicted octanol–water partition coefficient (Wildman–Crippen LogP) is 1.57. The van der Waals surface area contributed by atoms with Gasteiger partial charge in [0.05, 0.1) is 18.7 Å². The molecule has 0 aliphatic carbocycles. The molecule has 0 aromatic heterocycles. The summed E-state index contributed by atoms with van der Waals surface area (Å²) in [4.78, 5) is 28.7. The first-order chi connectivity index (χ1) is 15.6. The Morgan fingerprint density at radius 1 is 1.06 bits per heavy atom. The molecule has 2 aromatic rings. The fourth-order valence-electron chi connectivity index (χ4n) is 4.04. The number of nitrogens with one attached hydrogen (secondary N) is 1. The zero-order valence-corrected chi connectivity index (χ0v) is 19.1. The number of nitrogens with zero attached hydrogens (tertiary/aromatic N) is 3. The highest BCUT2D eigenvalue weighted by atomic mass is 32.2. The van der Waals surface area contributed by atoms with Gasteiger partial charge in [0.15, 0.2) is 0 Å². The molecule has 9 nitrogen and oxygen atoms in total. The summed E-state index contributed by atoms with van der Waals surface area (Å²) < 4.78 is 45.6. The number of hydrogen-bond donors (Lipinski definition) is 1. The molecule has 0 spiro atoms.